The molecule has 128 valence electrons. The maximum atomic E-state index is 12.4. The summed E-state index contributed by atoms with van der Waals surface area (Å²) in [5.41, 5.74) is 0.981. The van der Waals surface area contributed by atoms with Crippen molar-refractivity contribution in [2.24, 2.45) is 5.92 Å². The molecule has 0 bridgehead atoms. The Labute approximate surface area is 140 Å². The molecule has 1 N–H and O–H groups in total. The Bertz CT molecular complexity index is 753. The Balaban J connectivity index is 1.67. The summed E-state index contributed by atoms with van der Waals surface area (Å²) in [7, 11) is 1.64. The molecule has 24 heavy (non-hydrogen) atoms. The molecule has 0 radical (unpaired) electrons. The van der Waals surface area contributed by atoms with E-state index in [2.05, 4.69) is 0 Å². The highest BCUT2D eigenvalue weighted by Gasteiger charge is 2.27. The second-order valence-electron chi connectivity index (χ2n) is 6.17. The summed E-state index contributed by atoms with van der Waals surface area (Å²) >= 11 is 0. The third-order valence-corrected chi connectivity index (χ3v) is 4.66. The number of aliphatic carboxylic acids is 1. The fraction of sp³-hybridized carbons (Fsp3) is 0.444. The predicted molar refractivity (Wildman–Crippen MR) is 90.0 cm³/mol. The normalized spacial score (nSPS) is 17.9. The molecule has 1 aliphatic rings. The fourth-order valence-corrected chi connectivity index (χ4v) is 3.36. The molecular formula is C18H22N2O4. The van der Waals surface area contributed by atoms with Crippen LogP contribution < -0.4 is 4.74 Å². The van der Waals surface area contributed by atoms with E-state index in [1.807, 2.05) is 35.0 Å². The van der Waals surface area contributed by atoms with Gasteiger partial charge < -0.3 is 19.3 Å². The summed E-state index contributed by atoms with van der Waals surface area (Å²) in [4.78, 5) is 25.3. The number of benzene rings is 1. The van der Waals surface area contributed by atoms with E-state index in [9.17, 15) is 9.59 Å². The lowest BCUT2D eigenvalue weighted by atomic mass is 9.98. The molecular weight excluding hydrogens is 308 g/mol. The third kappa shape index (κ3) is 3.22. The van der Waals surface area contributed by atoms with Crippen molar-refractivity contribution in [1.82, 2.24) is 9.47 Å². The number of hydrogen-bond donors (Lipinski definition) is 1. The number of carboxylic acid groups (broad SMARTS) is 1. The number of nitrogens with zero attached hydrogens (tertiary/aromatic N) is 2. The minimum absolute atomic E-state index is 0.0118. The largest absolute Gasteiger partial charge is 0.495 e. The van der Waals surface area contributed by atoms with Crippen molar-refractivity contribution in [3.05, 3.63) is 30.5 Å². The van der Waals surface area contributed by atoms with Crippen molar-refractivity contribution in [1.29, 1.82) is 0 Å². The Hall–Kier alpha value is -2.50. The summed E-state index contributed by atoms with van der Waals surface area (Å²) in [6.45, 7) is 1.53. The van der Waals surface area contributed by atoms with Crippen LogP contribution in [-0.2, 0) is 16.1 Å². The number of piperidine rings is 1. The number of rotatable bonds is 5. The van der Waals surface area contributed by atoms with Gasteiger partial charge in [-0.25, -0.2) is 0 Å². The number of fused-ring (bicyclic) bond motifs is 1. The molecule has 6 heteroatoms. The molecule has 2 heterocycles. The number of amides is 1. The van der Waals surface area contributed by atoms with Gasteiger partial charge in [0.05, 0.1) is 18.5 Å². The number of aryl methyl sites for hydroxylation is 1. The number of carbonyl (C=O) groups excluding carboxylic acids is 1. The van der Waals surface area contributed by atoms with Crippen molar-refractivity contribution in [2.45, 2.75) is 25.8 Å². The number of methoxy groups -OCH3 is 1. The predicted octanol–water partition coefficient (Wildman–Crippen LogP) is 2.36. The van der Waals surface area contributed by atoms with Gasteiger partial charge in [-0.15, -0.1) is 0 Å². The van der Waals surface area contributed by atoms with Gasteiger partial charge in [-0.2, -0.15) is 0 Å². The van der Waals surface area contributed by atoms with E-state index in [1.54, 1.807) is 12.0 Å². The monoisotopic (exact) mass is 330 g/mol. The van der Waals surface area contributed by atoms with Crippen LogP contribution in [0.1, 0.15) is 19.3 Å². The van der Waals surface area contributed by atoms with Crippen molar-refractivity contribution in [2.75, 3.05) is 20.2 Å². The molecule has 1 amide bonds. The van der Waals surface area contributed by atoms with Crippen molar-refractivity contribution >= 4 is 22.8 Å². The molecule has 0 saturated carbocycles. The first-order chi connectivity index (χ1) is 11.6. The Morgan fingerprint density at radius 1 is 1.33 bits per heavy atom. The van der Waals surface area contributed by atoms with Gasteiger partial charge in [0.25, 0.3) is 0 Å². The quantitative estimate of drug-likeness (QED) is 0.913. The van der Waals surface area contributed by atoms with Crippen LogP contribution in [0.4, 0.5) is 0 Å². The smallest absolute Gasteiger partial charge is 0.308 e. The third-order valence-electron chi connectivity index (χ3n) is 4.66. The molecule has 1 atom stereocenters. The number of likely N-dealkylation sites (tertiary alicyclic amines) is 1. The van der Waals surface area contributed by atoms with E-state index in [1.165, 1.54) is 0 Å². The van der Waals surface area contributed by atoms with Crippen molar-refractivity contribution in [3.63, 3.8) is 0 Å². The lowest BCUT2D eigenvalue weighted by Crippen LogP contribution is -2.42. The number of para-hydroxylation sites is 1. The van der Waals surface area contributed by atoms with Crippen LogP contribution in [-0.4, -0.2) is 46.6 Å². The SMILES string of the molecule is COc1cccc2ccn(CCC(=O)N3CCC[C@H](C(=O)O)C3)c12. The van der Waals surface area contributed by atoms with Crippen LogP contribution in [0.25, 0.3) is 10.9 Å². The molecule has 1 aromatic carbocycles. The number of aromatic nitrogens is 1. The average Bonchev–Trinajstić information content (AvgIpc) is 3.03. The van der Waals surface area contributed by atoms with Gasteiger partial charge in [-0.1, -0.05) is 12.1 Å². The zero-order valence-electron chi connectivity index (χ0n) is 13.8. The number of ether oxygens (including phenoxy) is 1. The van der Waals surface area contributed by atoms with Gasteiger partial charge in [0.15, 0.2) is 0 Å². The average molecular weight is 330 g/mol. The van der Waals surface area contributed by atoms with E-state index >= 15 is 0 Å². The molecule has 1 saturated heterocycles. The fourth-order valence-electron chi connectivity index (χ4n) is 3.36. The maximum Gasteiger partial charge on any atom is 0.308 e. The number of hydrogen-bond acceptors (Lipinski definition) is 3. The molecule has 0 spiro atoms. The van der Waals surface area contributed by atoms with Gasteiger partial charge in [0, 0.05) is 37.6 Å². The standard InChI is InChI=1S/C18H22N2O4/c1-24-15-6-2-4-13-7-10-19(17(13)15)11-8-16(21)20-9-3-5-14(12-20)18(22)23/h2,4,6-7,10,14H,3,5,8-9,11-12H2,1H3,(H,22,23)/t14-/m0/s1. The van der Waals surface area contributed by atoms with Crippen LogP contribution in [0.3, 0.4) is 0 Å². The van der Waals surface area contributed by atoms with E-state index in [0.717, 1.165) is 23.1 Å². The summed E-state index contributed by atoms with van der Waals surface area (Å²) < 4.78 is 7.43. The summed E-state index contributed by atoms with van der Waals surface area (Å²) in [6, 6.07) is 7.86. The Morgan fingerprint density at radius 3 is 2.92 bits per heavy atom. The van der Waals surface area contributed by atoms with E-state index < -0.39 is 11.9 Å². The van der Waals surface area contributed by atoms with Gasteiger partial charge in [0.2, 0.25) is 5.91 Å². The van der Waals surface area contributed by atoms with Gasteiger partial charge >= 0.3 is 5.97 Å². The van der Waals surface area contributed by atoms with Gasteiger partial charge in [-0.05, 0) is 25.0 Å². The summed E-state index contributed by atoms with van der Waals surface area (Å²) in [5.74, 6) is -0.449. The van der Waals surface area contributed by atoms with E-state index in [4.69, 9.17) is 9.84 Å². The lowest BCUT2D eigenvalue weighted by molar-refractivity contribution is -0.145. The lowest BCUT2D eigenvalue weighted by Gasteiger charge is -2.30. The van der Waals surface area contributed by atoms with Crippen molar-refractivity contribution in [3.8, 4) is 5.75 Å². The molecule has 0 unspecified atom stereocenters. The van der Waals surface area contributed by atoms with Gasteiger partial charge in [0.1, 0.15) is 5.75 Å². The molecule has 2 aromatic rings. The van der Waals surface area contributed by atoms with Crippen LogP contribution in [0.5, 0.6) is 5.75 Å². The van der Waals surface area contributed by atoms with Crippen LogP contribution in [0.15, 0.2) is 30.5 Å². The van der Waals surface area contributed by atoms with E-state index in [-0.39, 0.29) is 5.91 Å². The molecule has 0 aliphatic carbocycles. The molecule has 1 fully saturated rings. The molecule has 6 nitrogen and oxygen atoms in total. The molecule has 3 rings (SSSR count). The highest BCUT2D eigenvalue weighted by atomic mass is 16.5. The second-order valence-corrected chi connectivity index (χ2v) is 6.17. The topological polar surface area (TPSA) is 71.8 Å². The first kappa shape index (κ1) is 16.4. The number of carbonyl (C=O) groups is 2. The molecule has 1 aliphatic heterocycles. The number of carboxylic acids is 1. The minimum Gasteiger partial charge on any atom is -0.495 e. The maximum absolute atomic E-state index is 12.4. The summed E-state index contributed by atoms with van der Waals surface area (Å²) in [6.07, 6.45) is 3.71. The first-order valence-electron chi connectivity index (χ1n) is 8.22. The highest BCUT2D eigenvalue weighted by Crippen LogP contribution is 2.26. The zero-order valence-corrected chi connectivity index (χ0v) is 13.8. The Morgan fingerprint density at radius 2 is 2.17 bits per heavy atom. The van der Waals surface area contributed by atoms with Crippen LogP contribution in [0, 0.1) is 5.92 Å². The highest BCUT2D eigenvalue weighted by molar-refractivity contribution is 5.86. The summed E-state index contributed by atoms with van der Waals surface area (Å²) in [5, 5.41) is 10.2. The molecule has 1 aromatic heterocycles. The van der Waals surface area contributed by atoms with Crippen LogP contribution >= 0.6 is 0 Å². The zero-order chi connectivity index (χ0) is 17.1. The first-order valence-corrected chi connectivity index (χ1v) is 8.22. The van der Waals surface area contributed by atoms with Crippen molar-refractivity contribution < 1.29 is 19.4 Å². The minimum atomic E-state index is -0.811. The van der Waals surface area contributed by atoms with E-state index in [0.29, 0.717) is 32.5 Å². The second kappa shape index (κ2) is 6.95. The van der Waals surface area contributed by atoms with Gasteiger partial charge in [-0.3, -0.25) is 9.59 Å². The van der Waals surface area contributed by atoms with Crippen LogP contribution in [0.2, 0.25) is 0 Å². The Kier molecular flexibility index (Phi) is 4.74.